The number of hydrogen-bond acceptors (Lipinski definition) is 2. The van der Waals surface area contributed by atoms with Crippen LogP contribution in [0.5, 0.6) is 0 Å². The SMILES string of the molecule is CNC(=O)c1ccc2c(c1)ncn2CC[O]. The summed E-state index contributed by atoms with van der Waals surface area (Å²) in [4.78, 5) is 15.6. The Morgan fingerprint density at radius 1 is 1.50 bits per heavy atom. The number of carbonyl (C=O) groups is 1. The Kier molecular flexibility index (Phi) is 2.87. The van der Waals surface area contributed by atoms with Gasteiger partial charge in [0.2, 0.25) is 0 Å². The maximum atomic E-state index is 11.4. The summed E-state index contributed by atoms with van der Waals surface area (Å²) in [6.07, 6.45) is 1.62. The topological polar surface area (TPSA) is 66.8 Å². The van der Waals surface area contributed by atoms with Gasteiger partial charge in [-0.05, 0) is 18.2 Å². The highest BCUT2D eigenvalue weighted by Crippen LogP contribution is 2.14. The van der Waals surface area contributed by atoms with E-state index in [0.717, 1.165) is 11.0 Å². The van der Waals surface area contributed by atoms with Gasteiger partial charge in [-0.25, -0.2) is 10.1 Å². The molecule has 16 heavy (non-hydrogen) atoms. The average molecular weight is 218 g/mol. The number of amides is 1. The van der Waals surface area contributed by atoms with E-state index in [1.165, 1.54) is 0 Å². The van der Waals surface area contributed by atoms with Crippen molar-refractivity contribution in [3.8, 4) is 0 Å². The van der Waals surface area contributed by atoms with Gasteiger partial charge in [0.05, 0.1) is 23.9 Å². The molecule has 0 saturated heterocycles. The van der Waals surface area contributed by atoms with Gasteiger partial charge >= 0.3 is 0 Å². The molecule has 1 aromatic carbocycles. The highest BCUT2D eigenvalue weighted by molar-refractivity contribution is 5.97. The normalized spacial score (nSPS) is 10.6. The second kappa shape index (κ2) is 4.32. The molecule has 0 spiro atoms. The van der Waals surface area contributed by atoms with Crippen molar-refractivity contribution in [3.63, 3.8) is 0 Å². The molecule has 5 heteroatoms. The molecule has 0 bridgehead atoms. The average Bonchev–Trinajstić information content (AvgIpc) is 2.71. The lowest BCUT2D eigenvalue weighted by Crippen LogP contribution is -2.17. The van der Waals surface area contributed by atoms with Gasteiger partial charge in [0.25, 0.3) is 5.91 Å². The largest absolute Gasteiger partial charge is 0.355 e. The highest BCUT2D eigenvalue weighted by Gasteiger charge is 2.07. The first-order chi connectivity index (χ1) is 7.76. The minimum absolute atomic E-state index is 0.139. The highest BCUT2D eigenvalue weighted by atomic mass is 16.3. The van der Waals surface area contributed by atoms with Gasteiger partial charge in [0.15, 0.2) is 0 Å². The molecule has 0 aliphatic rings. The molecule has 2 aromatic rings. The molecule has 0 fully saturated rings. The van der Waals surface area contributed by atoms with E-state index in [4.69, 9.17) is 0 Å². The van der Waals surface area contributed by atoms with Crippen molar-refractivity contribution in [1.29, 1.82) is 0 Å². The first-order valence-electron chi connectivity index (χ1n) is 5.01. The standard InChI is InChI=1S/C11H12N3O2/c1-12-11(16)8-2-3-10-9(6-8)13-7-14(10)4-5-15/h2-3,6-7H,4-5H2,1H3,(H,12,16). The molecule has 0 aliphatic carbocycles. The predicted molar refractivity (Wildman–Crippen MR) is 58.7 cm³/mol. The molecule has 0 atom stereocenters. The third kappa shape index (κ3) is 1.77. The Bertz CT molecular complexity index is 519. The molecule has 83 valence electrons. The van der Waals surface area contributed by atoms with E-state index >= 15 is 0 Å². The minimum Gasteiger partial charge on any atom is -0.355 e. The molecular weight excluding hydrogens is 206 g/mol. The zero-order valence-corrected chi connectivity index (χ0v) is 8.93. The zero-order valence-electron chi connectivity index (χ0n) is 8.93. The van der Waals surface area contributed by atoms with Gasteiger partial charge in [-0.2, -0.15) is 0 Å². The monoisotopic (exact) mass is 218 g/mol. The van der Waals surface area contributed by atoms with Crippen LogP contribution in [-0.2, 0) is 11.7 Å². The van der Waals surface area contributed by atoms with Gasteiger partial charge in [-0.15, -0.1) is 0 Å². The van der Waals surface area contributed by atoms with Crippen LogP contribution in [0.4, 0.5) is 0 Å². The summed E-state index contributed by atoms with van der Waals surface area (Å²) in [6, 6.07) is 5.25. The molecule has 1 aromatic heterocycles. The quantitative estimate of drug-likeness (QED) is 0.829. The smallest absolute Gasteiger partial charge is 0.251 e. The number of nitrogens with zero attached hydrogens (tertiary/aromatic N) is 2. The van der Waals surface area contributed by atoms with Crippen molar-refractivity contribution in [2.24, 2.45) is 0 Å². The van der Waals surface area contributed by atoms with Crippen LogP contribution in [0, 0.1) is 0 Å². The van der Waals surface area contributed by atoms with Crippen LogP contribution in [0.3, 0.4) is 0 Å². The van der Waals surface area contributed by atoms with Crippen molar-refractivity contribution in [2.75, 3.05) is 13.7 Å². The maximum absolute atomic E-state index is 11.4. The van der Waals surface area contributed by atoms with Crippen molar-refractivity contribution in [2.45, 2.75) is 6.54 Å². The Morgan fingerprint density at radius 3 is 3.00 bits per heavy atom. The number of fused-ring (bicyclic) bond motifs is 1. The number of rotatable bonds is 3. The lowest BCUT2D eigenvalue weighted by atomic mass is 10.2. The molecular formula is C11H12N3O2. The fourth-order valence-corrected chi connectivity index (χ4v) is 1.63. The van der Waals surface area contributed by atoms with E-state index in [0.29, 0.717) is 12.1 Å². The van der Waals surface area contributed by atoms with Gasteiger partial charge < -0.3 is 9.88 Å². The Morgan fingerprint density at radius 2 is 2.31 bits per heavy atom. The Balaban J connectivity index is 2.44. The number of imidazole rings is 1. The van der Waals surface area contributed by atoms with E-state index < -0.39 is 0 Å². The van der Waals surface area contributed by atoms with E-state index in [1.54, 1.807) is 30.1 Å². The second-order valence-corrected chi connectivity index (χ2v) is 3.42. The number of carbonyl (C=O) groups excluding carboxylic acids is 1. The van der Waals surface area contributed by atoms with Crippen LogP contribution >= 0.6 is 0 Å². The molecule has 2 rings (SSSR count). The first-order valence-corrected chi connectivity index (χ1v) is 5.01. The number of nitrogens with one attached hydrogen (secondary N) is 1. The molecule has 1 heterocycles. The number of hydrogen-bond donors (Lipinski definition) is 1. The zero-order chi connectivity index (χ0) is 11.5. The lowest BCUT2D eigenvalue weighted by molar-refractivity contribution is 0.0963. The Hall–Kier alpha value is -1.88. The minimum atomic E-state index is -0.178. The summed E-state index contributed by atoms with van der Waals surface area (Å²) in [6.45, 7) is 0.221. The van der Waals surface area contributed by atoms with Gasteiger partial charge in [0, 0.05) is 12.6 Å². The van der Waals surface area contributed by atoms with Crippen molar-refractivity contribution in [3.05, 3.63) is 30.1 Å². The van der Waals surface area contributed by atoms with E-state index in [1.807, 2.05) is 6.07 Å². The van der Waals surface area contributed by atoms with E-state index in [-0.39, 0.29) is 12.5 Å². The summed E-state index contributed by atoms with van der Waals surface area (Å²) in [7, 11) is 1.59. The van der Waals surface area contributed by atoms with E-state index in [9.17, 15) is 9.90 Å². The van der Waals surface area contributed by atoms with Gasteiger partial charge in [0.1, 0.15) is 6.61 Å². The number of aromatic nitrogens is 2. The molecule has 1 radical (unpaired) electrons. The molecule has 0 aliphatic heterocycles. The van der Waals surface area contributed by atoms with Gasteiger partial charge in [-0.1, -0.05) is 0 Å². The second-order valence-electron chi connectivity index (χ2n) is 3.42. The third-order valence-corrected chi connectivity index (χ3v) is 2.44. The molecule has 0 unspecified atom stereocenters. The molecule has 0 saturated carbocycles. The summed E-state index contributed by atoms with van der Waals surface area (Å²) in [5.74, 6) is -0.139. The van der Waals surface area contributed by atoms with Crippen LogP contribution in [-0.4, -0.2) is 29.1 Å². The first kappa shape index (κ1) is 10.6. The summed E-state index contributed by atoms with van der Waals surface area (Å²) in [5.41, 5.74) is 2.18. The van der Waals surface area contributed by atoms with Gasteiger partial charge in [-0.3, -0.25) is 4.79 Å². The summed E-state index contributed by atoms with van der Waals surface area (Å²) >= 11 is 0. The molecule has 1 amide bonds. The number of benzene rings is 1. The predicted octanol–water partition coefficient (Wildman–Crippen LogP) is 0.826. The third-order valence-electron chi connectivity index (χ3n) is 2.44. The molecule has 5 nitrogen and oxygen atoms in total. The fraction of sp³-hybridized carbons (Fsp3) is 0.273. The van der Waals surface area contributed by atoms with Crippen LogP contribution in [0.15, 0.2) is 24.5 Å². The van der Waals surface area contributed by atoms with Crippen molar-refractivity contribution in [1.82, 2.24) is 14.9 Å². The molecule has 1 N–H and O–H groups in total. The summed E-state index contributed by atoms with van der Waals surface area (Å²) in [5, 5.41) is 13.1. The lowest BCUT2D eigenvalue weighted by Gasteiger charge is -2.01. The fourth-order valence-electron chi connectivity index (χ4n) is 1.63. The maximum Gasteiger partial charge on any atom is 0.251 e. The van der Waals surface area contributed by atoms with Crippen LogP contribution < -0.4 is 5.32 Å². The van der Waals surface area contributed by atoms with E-state index in [2.05, 4.69) is 10.3 Å². The van der Waals surface area contributed by atoms with Crippen LogP contribution in [0.1, 0.15) is 10.4 Å². The van der Waals surface area contributed by atoms with Crippen molar-refractivity contribution < 1.29 is 9.90 Å². The Labute approximate surface area is 92.7 Å². The van der Waals surface area contributed by atoms with Crippen LogP contribution in [0.2, 0.25) is 0 Å². The van der Waals surface area contributed by atoms with Crippen molar-refractivity contribution >= 4 is 16.9 Å². The van der Waals surface area contributed by atoms with Crippen LogP contribution in [0.25, 0.3) is 11.0 Å². The summed E-state index contributed by atoms with van der Waals surface area (Å²) < 4.78 is 1.79.